The van der Waals surface area contributed by atoms with Crippen LogP contribution in [0, 0.1) is 0 Å². The van der Waals surface area contributed by atoms with Gasteiger partial charge < -0.3 is 10.1 Å². The largest absolute Gasteiger partial charge is 0.497 e. The number of allylic oxidation sites excluding steroid dienone is 2. The number of rotatable bonds is 5. The van der Waals surface area contributed by atoms with Crippen LogP contribution in [-0.4, -0.2) is 12.9 Å². The lowest BCUT2D eigenvalue weighted by Crippen LogP contribution is -2.01. The average Bonchev–Trinajstić information content (AvgIpc) is 2.49. The zero-order valence-electron chi connectivity index (χ0n) is 11.9. The highest BCUT2D eigenvalue weighted by Gasteiger charge is 2.04. The molecule has 0 aliphatic heterocycles. The Morgan fingerprint density at radius 3 is 2.29 bits per heavy atom. The molecule has 2 rings (SSSR count). The molecule has 0 saturated heterocycles. The number of ether oxygens (including phenoxy) is 1. The Bertz CT molecular complexity index is 645. The van der Waals surface area contributed by atoms with Crippen molar-refractivity contribution in [2.75, 3.05) is 12.4 Å². The Labute approximate surface area is 129 Å². The van der Waals surface area contributed by atoms with E-state index in [-0.39, 0.29) is 5.78 Å². The number of carbonyl (C=O) groups is 1. The zero-order chi connectivity index (χ0) is 15.2. The summed E-state index contributed by atoms with van der Waals surface area (Å²) < 4.78 is 5.07. The first-order valence-corrected chi connectivity index (χ1v) is 6.85. The molecule has 0 spiro atoms. The van der Waals surface area contributed by atoms with E-state index < -0.39 is 0 Å². The van der Waals surface area contributed by atoms with Crippen molar-refractivity contribution >= 4 is 23.1 Å². The van der Waals surface area contributed by atoms with Crippen molar-refractivity contribution in [2.24, 2.45) is 0 Å². The van der Waals surface area contributed by atoms with Gasteiger partial charge in [0.1, 0.15) is 5.75 Å². The summed E-state index contributed by atoms with van der Waals surface area (Å²) in [5.74, 6) is 0.670. The minimum absolute atomic E-state index is 0.0587. The van der Waals surface area contributed by atoms with E-state index >= 15 is 0 Å². The van der Waals surface area contributed by atoms with Gasteiger partial charge in [-0.3, -0.25) is 4.79 Å². The number of ketones is 1. The van der Waals surface area contributed by atoms with Gasteiger partial charge in [0, 0.05) is 28.0 Å². The van der Waals surface area contributed by atoms with Crippen molar-refractivity contribution in [3.05, 3.63) is 70.9 Å². The first-order valence-electron chi connectivity index (χ1n) is 6.48. The highest BCUT2D eigenvalue weighted by Crippen LogP contribution is 2.16. The molecule has 0 amide bonds. The van der Waals surface area contributed by atoms with Gasteiger partial charge in [0.05, 0.1) is 7.11 Å². The lowest BCUT2D eigenvalue weighted by Gasteiger charge is -2.06. The topological polar surface area (TPSA) is 38.3 Å². The van der Waals surface area contributed by atoms with Crippen molar-refractivity contribution in [2.45, 2.75) is 6.92 Å². The van der Waals surface area contributed by atoms with Gasteiger partial charge in [0.25, 0.3) is 0 Å². The van der Waals surface area contributed by atoms with Crippen molar-refractivity contribution in [1.29, 1.82) is 0 Å². The second-order valence-electron chi connectivity index (χ2n) is 4.55. The molecular weight excluding hydrogens is 286 g/mol. The molecule has 108 valence electrons. The molecule has 0 radical (unpaired) electrons. The summed E-state index contributed by atoms with van der Waals surface area (Å²) >= 11 is 5.83. The minimum atomic E-state index is -0.0587. The molecule has 0 atom stereocenters. The van der Waals surface area contributed by atoms with E-state index in [1.165, 1.54) is 0 Å². The van der Waals surface area contributed by atoms with Crippen LogP contribution < -0.4 is 10.1 Å². The third-order valence-corrected chi connectivity index (χ3v) is 3.16. The summed E-state index contributed by atoms with van der Waals surface area (Å²) in [6.45, 7) is 1.84. The van der Waals surface area contributed by atoms with Crippen LogP contribution in [0.1, 0.15) is 17.3 Å². The maximum atomic E-state index is 12.1. The van der Waals surface area contributed by atoms with Gasteiger partial charge >= 0.3 is 0 Å². The first-order chi connectivity index (χ1) is 10.1. The first kappa shape index (κ1) is 15.1. The summed E-state index contributed by atoms with van der Waals surface area (Å²) in [5, 5.41) is 3.83. The molecule has 4 heteroatoms. The normalized spacial score (nSPS) is 11.1. The number of nitrogens with one attached hydrogen (secondary N) is 1. The van der Waals surface area contributed by atoms with E-state index in [2.05, 4.69) is 5.32 Å². The molecule has 0 saturated carbocycles. The Balaban J connectivity index is 2.06. The number of carbonyl (C=O) groups excluding carboxylic acids is 1. The molecule has 0 heterocycles. The van der Waals surface area contributed by atoms with Crippen LogP contribution in [0.25, 0.3) is 0 Å². The lowest BCUT2D eigenvalue weighted by molar-refractivity contribution is 0.104. The van der Waals surface area contributed by atoms with Gasteiger partial charge in [-0.25, -0.2) is 0 Å². The molecule has 0 fully saturated rings. The fourth-order valence-electron chi connectivity index (χ4n) is 1.83. The standard InChI is InChI=1S/C17H16ClNO2/c1-12(19-15-7-5-14(18)6-8-15)11-17(20)13-3-9-16(21-2)10-4-13/h3-11,19H,1-2H3/b12-11+. The smallest absolute Gasteiger partial charge is 0.187 e. The predicted molar refractivity (Wildman–Crippen MR) is 86.2 cm³/mol. The van der Waals surface area contributed by atoms with Crippen LogP contribution in [0.5, 0.6) is 5.75 Å². The van der Waals surface area contributed by atoms with Crippen molar-refractivity contribution in [3.8, 4) is 5.75 Å². The van der Waals surface area contributed by atoms with Gasteiger partial charge in [0.15, 0.2) is 5.78 Å². The number of anilines is 1. The van der Waals surface area contributed by atoms with E-state index in [0.717, 1.165) is 17.1 Å². The summed E-state index contributed by atoms with van der Waals surface area (Å²) in [6, 6.07) is 14.3. The van der Waals surface area contributed by atoms with Crippen molar-refractivity contribution < 1.29 is 9.53 Å². The number of methoxy groups -OCH3 is 1. The average molecular weight is 302 g/mol. The predicted octanol–water partition coefficient (Wildman–Crippen LogP) is 4.55. The Hall–Kier alpha value is -2.26. The number of hydrogen-bond donors (Lipinski definition) is 1. The van der Waals surface area contributed by atoms with E-state index in [1.54, 1.807) is 49.6 Å². The number of halogens is 1. The Kier molecular flexibility index (Phi) is 5.01. The van der Waals surface area contributed by atoms with Crippen LogP contribution in [0.2, 0.25) is 5.02 Å². The molecule has 0 bridgehead atoms. The molecule has 0 aromatic heterocycles. The zero-order valence-corrected chi connectivity index (χ0v) is 12.6. The molecular formula is C17H16ClNO2. The SMILES string of the molecule is COc1ccc(C(=O)/C=C(\C)Nc2ccc(Cl)cc2)cc1. The lowest BCUT2D eigenvalue weighted by atomic mass is 10.1. The summed E-state index contributed by atoms with van der Waals surface area (Å²) in [6.07, 6.45) is 1.57. The summed E-state index contributed by atoms with van der Waals surface area (Å²) in [7, 11) is 1.59. The number of benzene rings is 2. The van der Waals surface area contributed by atoms with Gasteiger partial charge in [0.2, 0.25) is 0 Å². The highest BCUT2D eigenvalue weighted by atomic mass is 35.5. The highest BCUT2D eigenvalue weighted by molar-refractivity contribution is 6.30. The third kappa shape index (κ3) is 4.36. The molecule has 0 aliphatic carbocycles. The van der Waals surface area contributed by atoms with E-state index in [9.17, 15) is 4.79 Å². The molecule has 21 heavy (non-hydrogen) atoms. The van der Waals surface area contributed by atoms with Gasteiger partial charge in [-0.1, -0.05) is 11.6 Å². The molecule has 0 unspecified atom stereocenters. The van der Waals surface area contributed by atoms with Crippen LogP contribution in [0.15, 0.2) is 60.3 Å². The Morgan fingerprint density at radius 2 is 1.71 bits per heavy atom. The van der Waals surface area contributed by atoms with Crippen LogP contribution in [0.3, 0.4) is 0 Å². The second-order valence-corrected chi connectivity index (χ2v) is 4.99. The van der Waals surface area contributed by atoms with E-state index in [4.69, 9.17) is 16.3 Å². The molecule has 0 aliphatic rings. The van der Waals surface area contributed by atoms with Crippen molar-refractivity contribution in [3.63, 3.8) is 0 Å². The maximum Gasteiger partial charge on any atom is 0.187 e. The monoisotopic (exact) mass is 301 g/mol. The fourth-order valence-corrected chi connectivity index (χ4v) is 1.96. The third-order valence-electron chi connectivity index (χ3n) is 2.91. The molecule has 2 aromatic carbocycles. The summed E-state index contributed by atoms with van der Waals surface area (Å²) in [5.41, 5.74) is 2.27. The second kappa shape index (κ2) is 6.95. The van der Waals surface area contributed by atoms with E-state index in [0.29, 0.717) is 10.6 Å². The van der Waals surface area contributed by atoms with Gasteiger partial charge in [-0.15, -0.1) is 0 Å². The summed E-state index contributed by atoms with van der Waals surface area (Å²) in [4.78, 5) is 12.1. The van der Waals surface area contributed by atoms with Gasteiger partial charge in [-0.2, -0.15) is 0 Å². The van der Waals surface area contributed by atoms with Crippen LogP contribution in [-0.2, 0) is 0 Å². The van der Waals surface area contributed by atoms with Crippen LogP contribution >= 0.6 is 11.6 Å². The van der Waals surface area contributed by atoms with Gasteiger partial charge in [-0.05, 0) is 55.5 Å². The van der Waals surface area contributed by atoms with E-state index in [1.807, 2.05) is 19.1 Å². The fraction of sp³-hybridized carbons (Fsp3) is 0.118. The van der Waals surface area contributed by atoms with Crippen molar-refractivity contribution in [1.82, 2.24) is 0 Å². The quantitative estimate of drug-likeness (QED) is 0.650. The molecule has 2 aromatic rings. The number of hydrogen-bond acceptors (Lipinski definition) is 3. The maximum absolute atomic E-state index is 12.1. The molecule has 3 nitrogen and oxygen atoms in total. The van der Waals surface area contributed by atoms with Crippen LogP contribution in [0.4, 0.5) is 5.69 Å². The molecule has 1 N–H and O–H groups in total. The Morgan fingerprint density at radius 1 is 1.10 bits per heavy atom. The minimum Gasteiger partial charge on any atom is -0.497 e.